The summed E-state index contributed by atoms with van der Waals surface area (Å²) in [5.41, 5.74) is 1.34. The average molecular weight is 485 g/mol. The number of nitrogens with zero attached hydrogens (tertiary/aromatic N) is 1. The molecule has 0 aliphatic heterocycles. The number of carboxylic acids is 1. The molecule has 2 aromatic rings. The van der Waals surface area contributed by atoms with Crippen LogP contribution in [0.5, 0.6) is 0 Å². The molecule has 0 radical (unpaired) electrons. The van der Waals surface area contributed by atoms with Gasteiger partial charge in [-0.05, 0) is 61.5 Å². The van der Waals surface area contributed by atoms with E-state index in [0.29, 0.717) is 12.0 Å². The molecule has 0 saturated carbocycles. The fourth-order valence-electron chi connectivity index (χ4n) is 2.51. The summed E-state index contributed by atoms with van der Waals surface area (Å²) in [7, 11) is 0. The largest absolute Gasteiger partial charge is 0.479 e. The maximum atomic E-state index is 12.6. The Hall–Kier alpha value is -1.86. The van der Waals surface area contributed by atoms with Crippen molar-refractivity contribution in [3.05, 3.63) is 68.6 Å². The number of carboxylic acid groups (broad SMARTS) is 1. The van der Waals surface area contributed by atoms with Crippen LogP contribution in [-0.4, -0.2) is 28.6 Å². The Morgan fingerprint density at radius 1 is 1.12 bits per heavy atom. The number of carbonyl (C=O) groups excluding carboxylic acids is 1. The number of carbonyl (C=O) groups is 2. The van der Waals surface area contributed by atoms with Crippen LogP contribution in [0.3, 0.4) is 0 Å². The molecule has 2 aromatic carbocycles. The van der Waals surface area contributed by atoms with Gasteiger partial charge in [-0.25, -0.2) is 9.59 Å². The Morgan fingerprint density at radius 2 is 1.81 bits per heavy atom. The van der Waals surface area contributed by atoms with Gasteiger partial charge in [0, 0.05) is 15.5 Å². The molecule has 1 atom stereocenters. The highest BCUT2D eigenvalue weighted by Crippen LogP contribution is 2.30. The molecule has 138 valence electrons. The highest BCUT2D eigenvalue weighted by molar-refractivity contribution is 9.13. The molecule has 0 saturated heterocycles. The van der Waals surface area contributed by atoms with Gasteiger partial charge in [-0.3, -0.25) is 4.90 Å². The normalized spacial score (nSPS) is 11.7. The lowest BCUT2D eigenvalue weighted by Gasteiger charge is -2.28. The van der Waals surface area contributed by atoms with Crippen LogP contribution in [0.4, 0.5) is 4.79 Å². The van der Waals surface area contributed by atoms with E-state index in [9.17, 15) is 14.7 Å². The number of amides is 1. The van der Waals surface area contributed by atoms with Crippen molar-refractivity contribution in [2.75, 3.05) is 6.54 Å². The van der Waals surface area contributed by atoms with Crippen LogP contribution in [0.1, 0.15) is 30.5 Å². The summed E-state index contributed by atoms with van der Waals surface area (Å²) in [5, 5.41) is 9.74. The lowest BCUT2D eigenvalue weighted by atomic mass is 10.1. The molecule has 5 nitrogen and oxygen atoms in total. The number of rotatable bonds is 7. The van der Waals surface area contributed by atoms with E-state index in [1.54, 1.807) is 18.2 Å². The third-order valence-electron chi connectivity index (χ3n) is 3.71. The van der Waals surface area contributed by atoms with Gasteiger partial charge in [0.15, 0.2) is 6.04 Å². The average Bonchev–Trinajstić information content (AvgIpc) is 2.63. The van der Waals surface area contributed by atoms with E-state index in [0.717, 1.165) is 14.5 Å². The maximum Gasteiger partial charge on any atom is 0.411 e. The second kappa shape index (κ2) is 9.73. The number of hydrogen-bond acceptors (Lipinski definition) is 3. The van der Waals surface area contributed by atoms with Crippen LogP contribution in [0.15, 0.2) is 57.5 Å². The van der Waals surface area contributed by atoms with Crippen molar-refractivity contribution in [2.24, 2.45) is 0 Å². The van der Waals surface area contributed by atoms with Crippen molar-refractivity contribution in [3.8, 4) is 0 Å². The van der Waals surface area contributed by atoms with Crippen molar-refractivity contribution < 1.29 is 19.4 Å². The summed E-state index contributed by atoms with van der Waals surface area (Å²) in [6.45, 7) is 2.25. The molecule has 0 aliphatic carbocycles. The van der Waals surface area contributed by atoms with Gasteiger partial charge >= 0.3 is 12.1 Å². The molecule has 0 spiro atoms. The van der Waals surface area contributed by atoms with E-state index in [1.807, 2.05) is 37.3 Å². The number of benzene rings is 2. The summed E-state index contributed by atoms with van der Waals surface area (Å²) < 4.78 is 6.87. The zero-order valence-electron chi connectivity index (χ0n) is 14.2. The first kappa shape index (κ1) is 20.5. The molecule has 0 bridgehead atoms. The zero-order valence-corrected chi connectivity index (χ0v) is 17.4. The fraction of sp³-hybridized carbons (Fsp3) is 0.263. The van der Waals surface area contributed by atoms with Gasteiger partial charge in [0.05, 0.1) is 0 Å². The number of halogens is 2. The van der Waals surface area contributed by atoms with Gasteiger partial charge < -0.3 is 9.84 Å². The molecule has 26 heavy (non-hydrogen) atoms. The van der Waals surface area contributed by atoms with Crippen LogP contribution in [0.25, 0.3) is 0 Å². The van der Waals surface area contributed by atoms with Gasteiger partial charge in [0.25, 0.3) is 0 Å². The third kappa shape index (κ3) is 5.32. The third-order valence-corrected chi connectivity index (χ3v) is 5.59. The fourth-order valence-corrected chi connectivity index (χ4v) is 3.15. The topological polar surface area (TPSA) is 66.8 Å². The van der Waals surface area contributed by atoms with Crippen LogP contribution < -0.4 is 0 Å². The van der Waals surface area contributed by atoms with E-state index in [4.69, 9.17) is 4.74 Å². The summed E-state index contributed by atoms with van der Waals surface area (Å²) in [5.74, 6) is -1.11. The predicted molar refractivity (Wildman–Crippen MR) is 106 cm³/mol. The minimum atomic E-state index is -1.12. The number of hydrogen-bond donors (Lipinski definition) is 1. The van der Waals surface area contributed by atoms with Crippen LogP contribution in [0, 0.1) is 0 Å². The Balaban J connectivity index is 2.23. The molecule has 0 heterocycles. The van der Waals surface area contributed by atoms with E-state index >= 15 is 0 Å². The van der Waals surface area contributed by atoms with E-state index in [2.05, 4.69) is 31.9 Å². The first-order valence-electron chi connectivity index (χ1n) is 8.09. The van der Waals surface area contributed by atoms with E-state index < -0.39 is 18.1 Å². The molecule has 1 N–H and O–H groups in total. The van der Waals surface area contributed by atoms with Gasteiger partial charge in [-0.1, -0.05) is 43.3 Å². The van der Waals surface area contributed by atoms with Gasteiger partial charge in [0.2, 0.25) is 0 Å². The van der Waals surface area contributed by atoms with Crippen molar-refractivity contribution in [1.29, 1.82) is 0 Å². The monoisotopic (exact) mass is 483 g/mol. The Morgan fingerprint density at radius 3 is 2.38 bits per heavy atom. The molecule has 0 aromatic heterocycles. The van der Waals surface area contributed by atoms with E-state index in [1.165, 1.54) is 4.90 Å². The number of aliphatic carboxylic acids is 1. The summed E-state index contributed by atoms with van der Waals surface area (Å²) in [4.78, 5) is 25.8. The van der Waals surface area contributed by atoms with Crippen LogP contribution >= 0.6 is 31.9 Å². The maximum absolute atomic E-state index is 12.6. The standard InChI is InChI=1S/C19H19Br2NO4/c1-2-10-22(19(25)26-12-13-6-4-3-5-7-13)17(18(23)24)14-8-9-15(20)16(21)11-14/h3-9,11,17H,2,10,12H2,1H3,(H,23,24). The summed E-state index contributed by atoms with van der Waals surface area (Å²) in [6, 6.07) is 13.3. The minimum absolute atomic E-state index is 0.0935. The Kier molecular flexibility index (Phi) is 7.66. The SMILES string of the molecule is CCCN(C(=O)OCc1ccccc1)C(C(=O)O)c1ccc(Br)c(Br)c1. The Labute approximate surface area is 169 Å². The van der Waals surface area contributed by atoms with Crippen LogP contribution in [0.2, 0.25) is 0 Å². The predicted octanol–water partition coefficient (Wildman–Crippen LogP) is 5.39. The lowest BCUT2D eigenvalue weighted by molar-refractivity contribution is -0.143. The summed E-state index contributed by atoms with van der Waals surface area (Å²) in [6.07, 6.45) is -0.0378. The lowest BCUT2D eigenvalue weighted by Crippen LogP contribution is -2.39. The smallest absolute Gasteiger partial charge is 0.411 e. The molecular formula is C19H19Br2NO4. The molecule has 0 fully saturated rings. The molecule has 2 rings (SSSR count). The van der Waals surface area contributed by atoms with Gasteiger partial charge in [0.1, 0.15) is 6.61 Å². The minimum Gasteiger partial charge on any atom is -0.479 e. The summed E-state index contributed by atoms with van der Waals surface area (Å²) >= 11 is 6.74. The van der Waals surface area contributed by atoms with Gasteiger partial charge in [-0.15, -0.1) is 0 Å². The first-order chi connectivity index (χ1) is 12.4. The molecule has 7 heteroatoms. The van der Waals surface area contributed by atoms with Crippen molar-refractivity contribution in [3.63, 3.8) is 0 Å². The van der Waals surface area contributed by atoms with Gasteiger partial charge in [-0.2, -0.15) is 0 Å². The first-order valence-corrected chi connectivity index (χ1v) is 9.67. The Bertz CT molecular complexity index is 767. The number of ether oxygens (including phenoxy) is 1. The van der Waals surface area contributed by atoms with E-state index in [-0.39, 0.29) is 13.2 Å². The zero-order chi connectivity index (χ0) is 19.1. The van der Waals surface area contributed by atoms with Crippen molar-refractivity contribution in [1.82, 2.24) is 4.90 Å². The second-order valence-electron chi connectivity index (χ2n) is 5.65. The second-order valence-corrected chi connectivity index (χ2v) is 7.36. The van der Waals surface area contributed by atoms with Crippen molar-refractivity contribution in [2.45, 2.75) is 26.0 Å². The highest BCUT2D eigenvalue weighted by atomic mass is 79.9. The van der Waals surface area contributed by atoms with Crippen molar-refractivity contribution >= 4 is 43.9 Å². The molecular weight excluding hydrogens is 466 g/mol. The quantitative estimate of drug-likeness (QED) is 0.572. The highest BCUT2D eigenvalue weighted by Gasteiger charge is 2.32. The molecule has 1 unspecified atom stereocenters. The molecule has 1 amide bonds. The molecule has 0 aliphatic rings. The van der Waals surface area contributed by atoms with Crippen LogP contribution in [-0.2, 0) is 16.1 Å².